The summed E-state index contributed by atoms with van der Waals surface area (Å²) in [6, 6.07) is 0. The Labute approximate surface area is 76.0 Å². The highest BCUT2D eigenvalue weighted by atomic mass is 35.5. The van der Waals surface area contributed by atoms with E-state index in [1.165, 1.54) is 43.8 Å². The van der Waals surface area contributed by atoms with Crippen molar-refractivity contribution in [3.8, 4) is 0 Å². The molecule has 1 saturated heterocycles. The van der Waals surface area contributed by atoms with E-state index in [1.54, 1.807) is 0 Å². The molecule has 0 bridgehead atoms. The highest BCUT2D eigenvalue weighted by Gasteiger charge is 2.24. The summed E-state index contributed by atoms with van der Waals surface area (Å²) in [5.41, 5.74) is 0. The lowest BCUT2D eigenvalue weighted by atomic mass is 10.2. The molecule has 0 aromatic rings. The fourth-order valence-corrected chi connectivity index (χ4v) is 1.73. The highest BCUT2D eigenvalue weighted by molar-refractivity contribution is 4.55. The summed E-state index contributed by atoms with van der Waals surface area (Å²) in [5, 5.41) is 3.39. The average molecular weight is 179 g/mol. The summed E-state index contributed by atoms with van der Waals surface area (Å²) in [6.07, 6.45) is 0. The molecular weight excluding hydrogens is 160 g/mol. The molecule has 68 valence electrons. The van der Waals surface area contributed by atoms with Gasteiger partial charge in [-0.25, -0.2) is 0 Å². The van der Waals surface area contributed by atoms with Crippen molar-refractivity contribution in [3.05, 3.63) is 0 Å². The largest absolute Gasteiger partial charge is 1.00 e. The maximum Gasteiger partial charge on any atom is 0.0913 e. The molecule has 1 fully saturated rings. The minimum atomic E-state index is 0. The second kappa shape index (κ2) is 4.96. The number of nitrogens with zero attached hydrogens (tertiary/aromatic N) is 1. The van der Waals surface area contributed by atoms with E-state index in [2.05, 4.69) is 19.2 Å². The lowest BCUT2D eigenvalue weighted by molar-refractivity contribution is -0.926. The molecule has 0 unspecified atom stereocenters. The molecule has 1 rings (SSSR count). The monoisotopic (exact) mass is 178 g/mol. The van der Waals surface area contributed by atoms with E-state index < -0.39 is 0 Å². The van der Waals surface area contributed by atoms with Gasteiger partial charge in [0.25, 0.3) is 0 Å². The molecule has 0 radical (unpaired) electrons. The molecule has 0 aliphatic carbocycles. The van der Waals surface area contributed by atoms with Crippen LogP contribution in [0.2, 0.25) is 0 Å². The fourth-order valence-electron chi connectivity index (χ4n) is 1.73. The van der Waals surface area contributed by atoms with Crippen molar-refractivity contribution in [1.82, 2.24) is 5.32 Å². The number of rotatable bonds is 2. The number of hydrogen-bond acceptors (Lipinski definition) is 1. The molecule has 3 heteroatoms. The van der Waals surface area contributed by atoms with Crippen LogP contribution in [0.3, 0.4) is 0 Å². The van der Waals surface area contributed by atoms with Crippen molar-refractivity contribution in [2.24, 2.45) is 0 Å². The maximum atomic E-state index is 3.39. The first kappa shape index (κ1) is 11.2. The average Bonchev–Trinajstić information content (AvgIpc) is 2.06. The Balaban J connectivity index is 0.000001000. The van der Waals surface area contributed by atoms with Crippen LogP contribution in [0.4, 0.5) is 0 Å². The molecule has 1 aliphatic heterocycles. The van der Waals surface area contributed by atoms with Gasteiger partial charge in [0, 0.05) is 13.1 Å². The van der Waals surface area contributed by atoms with Crippen LogP contribution in [-0.2, 0) is 0 Å². The van der Waals surface area contributed by atoms with Gasteiger partial charge >= 0.3 is 0 Å². The molecule has 1 aliphatic rings. The highest BCUT2D eigenvalue weighted by Crippen LogP contribution is 2.06. The van der Waals surface area contributed by atoms with Crippen molar-refractivity contribution in [1.29, 1.82) is 0 Å². The topological polar surface area (TPSA) is 12.0 Å². The van der Waals surface area contributed by atoms with Gasteiger partial charge in [0.05, 0.1) is 26.2 Å². The standard InChI is InChI=1S/C8H19N2.ClH/c1-3-10(4-2)7-5-9-6-8-10;/h9H,3-8H2,1-2H3;1H/q+1;/p-1. The van der Waals surface area contributed by atoms with E-state index in [1.807, 2.05) is 0 Å². The number of quaternary nitrogens is 1. The normalized spacial score (nSPS) is 22.4. The zero-order valence-corrected chi connectivity index (χ0v) is 8.32. The van der Waals surface area contributed by atoms with Crippen molar-refractivity contribution >= 4 is 0 Å². The third-order valence-electron chi connectivity index (χ3n) is 2.87. The lowest BCUT2D eigenvalue weighted by Crippen LogP contribution is -3.00. The summed E-state index contributed by atoms with van der Waals surface area (Å²) in [7, 11) is 0. The summed E-state index contributed by atoms with van der Waals surface area (Å²) >= 11 is 0. The summed E-state index contributed by atoms with van der Waals surface area (Å²) in [6.45, 7) is 12.3. The van der Waals surface area contributed by atoms with E-state index in [9.17, 15) is 0 Å². The van der Waals surface area contributed by atoms with Crippen molar-refractivity contribution in [3.63, 3.8) is 0 Å². The van der Waals surface area contributed by atoms with Gasteiger partial charge < -0.3 is 22.2 Å². The molecule has 1 heterocycles. The van der Waals surface area contributed by atoms with Crippen LogP contribution in [0.25, 0.3) is 0 Å². The van der Waals surface area contributed by atoms with Gasteiger partial charge in [-0.05, 0) is 13.8 Å². The fraction of sp³-hybridized carbons (Fsp3) is 1.00. The van der Waals surface area contributed by atoms with Crippen molar-refractivity contribution in [2.75, 3.05) is 39.3 Å². The summed E-state index contributed by atoms with van der Waals surface area (Å²) < 4.78 is 1.33. The molecule has 0 atom stereocenters. The zero-order valence-electron chi connectivity index (χ0n) is 7.57. The Morgan fingerprint density at radius 3 is 1.82 bits per heavy atom. The van der Waals surface area contributed by atoms with Gasteiger partial charge in [-0.2, -0.15) is 0 Å². The Bertz CT molecular complexity index is 94.3. The Morgan fingerprint density at radius 1 is 1.09 bits per heavy atom. The van der Waals surface area contributed by atoms with E-state index in [-0.39, 0.29) is 12.4 Å². The first-order valence-corrected chi connectivity index (χ1v) is 4.39. The smallest absolute Gasteiger partial charge is 0.0913 e. The number of halogens is 1. The SMILES string of the molecule is CC[N+]1(CC)CCNCC1.[Cl-]. The Hall–Kier alpha value is 0.210. The van der Waals surface area contributed by atoms with Gasteiger partial charge in [0.2, 0.25) is 0 Å². The first-order chi connectivity index (χ1) is 4.83. The molecular formula is C8H19ClN2. The molecule has 11 heavy (non-hydrogen) atoms. The predicted octanol–water partition coefficient (Wildman–Crippen LogP) is -2.55. The minimum absolute atomic E-state index is 0. The third-order valence-corrected chi connectivity index (χ3v) is 2.87. The van der Waals surface area contributed by atoms with Crippen LogP contribution in [0.1, 0.15) is 13.8 Å². The third kappa shape index (κ3) is 2.62. The minimum Gasteiger partial charge on any atom is -1.00 e. The van der Waals surface area contributed by atoms with Gasteiger partial charge in [-0.1, -0.05) is 0 Å². The molecule has 0 amide bonds. The van der Waals surface area contributed by atoms with Gasteiger partial charge in [-0.3, -0.25) is 0 Å². The van der Waals surface area contributed by atoms with E-state index in [0.717, 1.165) is 0 Å². The summed E-state index contributed by atoms with van der Waals surface area (Å²) in [5.74, 6) is 0. The van der Waals surface area contributed by atoms with Crippen LogP contribution < -0.4 is 17.7 Å². The first-order valence-electron chi connectivity index (χ1n) is 4.39. The maximum absolute atomic E-state index is 3.39. The molecule has 2 nitrogen and oxygen atoms in total. The molecule has 0 aromatic carbocycles. The van der Waals surface area contributed by atoms with Crippen LogP contribution in [-0.4, -0.2) is 43.8 Å². The second-order valence-corrected chi connectivity index (χ2v) is 3.17. The summed E-state index contributed by atoms with van der Waals surface area (Å²) in [4.78, 5) is 0. The Kier molecular flexibility index (Phi) is 5.06. The molecule has 0 aromatic heterocycles. The molecule has 0 saturated carbocycles. The number of likely N-dealkylation sites (N-methyl/N-ethyl adjacent to an activating group) is 1. The predicted molar refractivity (Wildman–Crippen MR) is 43.9 cm³/mol. The van der Waals surface area contributed by atoms with Crippen LogP contribution in [0.5, 0.6) is 0 Å². The Morgan fingerprint density at radius 2 is 1.55 bits per heavy atom. The van der Waals surface area contributed by atoms with Gasteiger partial charge in [-0.15, -0.1) is 0 Å². The van der Waals surface area contributed by atoms with E-state index in [0.29, 0.717) is 0 Å². The number of hydrogen-bond donors (Lipinski definition) is 1. The van der Waals surface area contributed by atoms with Gasteiger partial charge in [0.15, 0.2) is 0 Å². The molecule has 0 spiro atoms. The second-order valence-electron chi connectivity index (χ2n) is 3.17. The van der Waals surface area contributed by atoms with Crippen LogP contribution in [0.15, 0.2) is 0 Å². The van der Waals surface area contributed by atoms with Crippen LogP contribution in [0, 0.1) is 0 Å². The number of nitrogens with one attached hydrogen (secondary N) is 1. The van der Waals surface area contributed by atoms with E-state index >= 15 is 0 Å². The molecule has 1 N–H and O–H groups in total. The van der Waals surface area contributed by atoms with Gasteiger partial charge in [0.1, 0.15) is 0 Å². The van der Waals surface area contributed by atoms with Crippen molar-refractivity contribution < 1.29 is 16.9 Å². The van der Waals surface area contributed by atoms with E-state index in [4.69, 9.17) is 0 Å². The zero-order chi connectivity index (χ0) is 7.45. The quantitative estimate of drug-likeness (QED) is 0.460. The van der Waals surface area contributed by atoms with Crippen molar-refractivity contribution in [2.45, 2.75) is 13.8 Å². The number of piperazine rings is 1. The van der Waals surface area contributed by atoms with Crippen LogP contribution >= 0.6 is 0 Å². The lowest BCUT2D eigenvalue weighted by Gasteiger charge is -2.40.